The molecule has 0 aromatic heterocycles. The molecule has 0 fully saturated rings. The first-order valence-electron chi connectivity index (χ1n) is 6.22. The van der Waals surface area contributed by atoms with E-state index in [1.807, 2.05) is 0 Å². The van der Waals surface area contributed by atoms with Gasteiger partial charge in [0.05, 0.1) is 0 Å². The molecule has 1 aromatic carbocycles. The second-order valence-electron chi connectivity index (χ2n) is 5.10. The molecular formula is C15H21Hf. The molecule has 1 heteroatoms. The Labute approximate surface area is 107 Å². The molecule has 0 nitrogen and oxygen atoms in total. The Hall–Kier alpha value is -0.170. The molecule has 0 saturated carbocycles. The fraction of sp³-hybridized carbons (Fsp3) is 0.467. The van der Waals surface area contributed by atoms with Gasteiger partial charge in [0.25, 0.3) is 0 Å². The van der Waals surface area contributed by atoms with E-state index in [2.05, 4.69) is 59.6 Å². The van der Waals surface area contributed by atoms with Crippen molar-refractivity contribution in [1.82, 2.24) is 0 Å². The molecule has 85 valence electrons. The van der Waals surface area contributed by atoms with Crippen LogP contribution in [0.2, 0.25) is 9.36 Å². The average molecular weight is 380 g/mol. The molecular weight excluding hydrogens is 359 g/mol. The van der Waals surface area contributed by atoms with Gasteiger partial charge in [-0.15, -0.1) is 0 Å². The molecule has 0 aliphatic heterocycles. The fourth-order valence-electron chi connectivity index (χ4n) is 3.01. The number of hydrogen-bond acceptors (Lipinski definition) is 0. The molecule has 1 aliphatic rings. The quantitative estimate of drug-likeness (QED) is 0.669. The summed E-state index contributed by atoms with van der Waals surface area (Å²) in [5.41, 5.74) is 3.09. The van der Waals surface area contributed by atoms with Crippen molar-refractivity contribution in [3.8, 4) is 0 Å². The van der Waals surface area contributed by atoms with Crippen LogP contribution in [0.5, 0.6) is 0 Å². The van der Waals surface area contributed by atoms with E-state index in [4.69, 9.17) is 0 Å². The molecule has 2 unspecified atom stereocenters. The van der Waals surface area contributed by atoms with Gasteiger partial charge in [-0.3, -0.25) is 0 Å². The summed E-state index contributed by atoms with van der Waals surface area (Å²) < 4.78 is 5.59. The Morgan fingerprint density at radius 3 is 2.56 bits per heavy atom. The molecule has 0 spiro atoms. The number of rotatable bonds is 3. The predicted molar refractivity (Wildman–Crippen MR) is 68.3 cm³/mol. The van der Waals surface area contributed by atoms with Gasteiger partial charge in [0.1, 0.15) is 0 Å². The Balaban J connectivity index is 2.56. The van der Waals surface area contributed by atoms with Crippen LogP contribution < -0.4 is 0 Å². The first kappa shape index (κ1) is 12.3. The third-order valence-corrected chi connectivity index (χ3v) is 13.4. The topological polar surface area (TPSA) is 0 Å². The van der Waals surface area contributed by atoms with E-state index in [0.717, 1.165) is 5.92 Å². The van der Waals surface area contributed by atoms with Crippen molar-refractivity contribution >= 4 is 6.08 Å². The molecule has 0 heterocycles. The molecule has 1 aromatic rings. The maximum absolute atomic E-state index is 2.56. The zero-order chi connectivity index (χ0) is 11.8. The van der Waals surface area contributed by atoms with Gasteiger partial charge in [-0.2, -0.15) is 0 Å². The van der Waals surface area contributed by atoms with Gasteiger partial charge < -0.3 is 0 Å². The number of allylic oxidation sites excluding steroid dienone is 1. The summed E-state index contributed by atoms with van der Waals surface area (Å²) in [6.45, 7) is 4.76. The van der Waals surface area contributed by atoms with E-state index >= 15 is 0 Å². The van der Waals surface area contributed by atoms with E-state index in [-0.39, 0.29) is 0 Å². The average Bonchev–Trinajstić information content (AvgIpc) is 2.68. The molecule has 16 heavy (non-hydrogen) atoms. The van der Waals surface area contributed by atoms with Crippen LogP contribution >= 0.6 is 0 Å². The van der Waals surface area contributed by atoms with E-state index in [9.17, 15) is 0 Å². The van der Waals surface area contributed by atoms with Gasteiger partial charge in [-0.25, -0.2) is 0 Å². The Morgan fingerprint density at radius 2 is 1.94 bits per heavy atom. The first-order chi connectivity index (χ1) is 7.63. The predicted octanol–water partition coefficient (Wildman–Crippen LogP) is 4.67. The van der Waals surface area contributed by atoms with E-state index < -0.39 is 21.4 Å². The SMILES string of the molecule is CCC(C)[C]1([Hf]([CH3])[CH3])C=Cc2ccccc21. The third-order valence-electron chi connectivity index (χ3n) is 4.15. The number of benzene rings is 1. The fourth-order valence-corrected chi connectivity index (χ4v) is 11.5. The van der Waals surface area contributed by atoms with Gasteiger partial charge in [0.2, 0.25) is 0 Å². The summed E-state index contributed by atoms with van der Waals surface area (Å²) in [5, 5.41) is 0. The minimum atomic E-state index is -1.51. The summed E-state index contributed by atoms with van der Waals surface area (Å²) >= 11 is -1.51. The van der Waals surface area contributed by atoms with Crippen LogP contribution in [0.15, 0.2) is 30.3 Å². The summed E-state index contributed by atoms with van der Waals surface area (Å²) in [5.74, 6) is 0.796. The van der Waals surface area contributed by atoms with Gasteiger partial charge in [0.15, 0.2) is 0 Å². The second kappa shape index (κ2) is 4.60. The Morgan fingerprint density at radius 1 is 1.25 bits per heavy atom. The standard InChI is InChI=1S/C13H15.2CH3.Hf/c1-3-10(2)12-9-8-11-6-4-5-7-13(11)12;;;/h4-10H,3H2,1-2H3;2*1H3;. The molecule has 0 saturated heterocycles. The molecule has 0 radical (unpaired) electrons. The van der Waals surface area contributed by atoms with Gasteiger partial charge in [-0.05, 0) is 0 Å². The summed E-state index contributed by atoms with van der Waals surface area (Å²) in [6, 6.07) is 8.99. The van der Waals surface area contributed by atoms with Crippen molar-refractivity contribution in [2.75, 3.05) is 0 Å². The van der Waals surface area contributed by atoms with Crippen LogP contribution in [0, 0.1) is 5.92 Å². The maximum atomic E-state index is 2.56. The van der Waals surface area contributed by atoms with Gasteiger partial charge in [-0.1, -0.05) is 0 Å². The van der Waals surface area contributed by atoms with Crippen LogP contribution in [-0.4, -0.2) is 0 Å². The molecule has 1 aliphatic carbocycles. The van der Waals surface area contributed by atoms with Crippen molar-refractivity contribution in [3.63, 3.8) is 0 Å². The van der Waals surface area contributed by atoms with Crippen LogP contribution in [0.4, 0.5) is 0 Å². The van der Waals surface area contributed by atoms with Gasteiger partial charge in [0, 0.05) is 0 Å². The zero-order valence-electron chi connectivity index (χ0n) is 10.7. The molecule has 0 bridgehead atoms. The van der Waals surface area contributed by atoms with E-state index in [1.54, 1.807) is 5.56 Å². The summed E-state index contributed by atoms with van der Waals surface area (Å²) in [7, 11) is 0. The molecule has 2 rings (SSSR count). The van der Waals surface area contributed by atoms with Crippen LogP contribution in [0.1, 0.15) is 31.4 Å². The number of fused-ring (bicyclic) bond motifs is 1. The van der Waals surface area contributed by atoms with Crippen LogP contribution in [0.3, 0.4) is 0 Å². The Bertz CT molecular complexity index is 406. The normalized spacial score (nSPS) is 24.2. The van der Waals surface area contributed by atoms with Crippen molar-refractivity contribution in [1.29, 1.82) is 0 Å². The van der Waals surface area contributed by atoms with Crippen LogP contribution in [-0.2, 0) is 24.6 Å². The van der Waals surface area contributed by atoms with Crippen molar-refractivity contribution in [2.24, 2.45) is 5.92 Å². The van der Waals surface area contributed by atoms with E-state index in [0.29, 0.717) is 3.17 Å². The summed E-state index contributed by atoms with van der Waals surface area (Å²) in [4.78, 5) is 0. The third kappa shape index (κ3) is 1.68. The van der Waals surface area contributed by atoms with Crippen LogP contribution in [0.25, 0.3) is 6.08 Å². The van der Waals surface area contributed by atoms with Crippen molar-refractivity contribution in [2.45, 2.75) is 32.8 Å². The number of hydrogen-bond donors (Lipinski definition) is 0. The molecule has 0 N–H and O–H groups in total. The first-order valence-corrected chi connectivity index (χ1v) is 15.2. The second-order valence-corrected chi connectivity index (χ2v) is 15.3. The summed E-state index contributed by atoms with van der Waals surface area (Å²) in [6.07, 6.45) is 6.18. The van der Waals surface area contributed by atoms with Crippen molar-refractivity contribution in [3.05, 3.63) is 41.5 Å². The monoisotopic (exact) mass is 381 g/mol. The Kier molecular flexibility index (Phi) is 3.53. The van der Waals surface area contributed by atoms with E-state index in [1.165, 1.54) is 12.0 Å². The van der Waals surface area contributed by atoms with Crippen molar-refractivity contribution < 1.29 is 21.4 Å². The zero-order valence-corrected chi connectivity index (χ0v) is 14.3. The minimum absolute atomic E-state index is 0.468. The molecule has 0 amide bonds. The molecule has 2 atom stereocenters. The van der Waals surface area contributed by atoms with Gasteiger partial charge >= 0.3 is 108 Å².